The van der Waals surface area contributed by atoms with Crippen molar-refractivity contribution >= 4 is 23.3 Å². The Balaban J connectivity index is 1.90. The summed E-state index contributed by atoms with van der Waals surface area (Å²) in [4.78, 5) is 11.7. The van der Waals surface area contributed by atoms with Crippen molar-refractivity contribution in [2.45, 2.75) is 12.5 Å². The Hall–Kier alpha value is -1.91. The van der Waals surface area contributed by atoms with Gasteiger partial charge in [-0.1, -0.05) is 30.3 Å². The van der Waals surface area contributed by atoms with Crippen LogP contribution in [-0.2, 0) is 10.4 Å². The molecule has 20 heavy (non-hydrogen) atoms. The molecule has 0 spiro atoms. The lowest BCUT2D eigenvalue weighted by atomic mass is 9.96. The van der Waals surface area contributed by atoms with E-state index in [1.54, 1.807) is 24.3 Å². The molecule has 1 aromatic heterocycles. The van der Waals surface area contributed by atoms with Crippen LogP contribution in [0.3, 0.4) is 0 Å². The maximum atomic E-state index is 11.7. The van der Waals surface area contributed by atoms with Gasteiger partial charge in [0.25, 0.3) is 0 Å². The molecule has 1 heterocycles. The number of carbonyl (C=O) groups is 1. The smallest absolute Gasteiger partial charge is 0.244 e. The molecule has 1 atom stereocenters. The van der Waals surface area contributed by atoms with Crippen molar-refractivity contribution in [1.82, 2.24) is 5.32 Å². The number of amides is 1. The molecule has 0 aliphatic carbocycles. The van der Waals surface area contributed by atoms with Gasteiger partial charge in [-0.05, 0) is 41.0 Å². The molecule has 0 bridgehead atoms. The lowest BCUT2D eigenvalue weighted by molar-refractivity contribution is -0.117. The minimum Gasteiger partial charge on any atom is -0.384 e. The standard InChI is InChI=1S/C16H17NO2S/c1-16(19,14-5-3-2-4-6-14)12-17-15(18)8-7-13-9-10-20-11-13/h2-11,19H,12H2,1H3,(H,17,18)/b8-7+. The summed E-state index contributed by atoms with van der Waals surface area (Å²) in [5.41, 5.74) is 0.703. The molecule has 4 heteroatoms. The molecule has 1 unspecified atom stereocenters. The van der Waals surface area contributed by atoms with Crippen molar-refractivity contribution in [2.75, 3.05) is 6.54 Å². The van der Waals surface area contributed by atoms with Gasteiger partial charge in [0.05, 0.1) is 6.54 Å². The Morgan fingerprint density at radius 2 is 2.10 bits per heavy atom. The van der Waals surface area contributed by atoms with Crippen LogP contribution in [0.5, 0.6) is 0 Å². The van der Waals surface area contributed by atoms with Gasteiger partial charge in [-0.15, -0.1) is 0 Å². The third kappa shape index (κ3) is 4.05. The van der Waals surface area contributed by atoms with Crippen LogP contribution in [0.25, 0.3) is 6.08 Å². The Morgan fingerprint density at radius 1 is 1.35 bits per heavy atom. The zero-order valence-electron chi connectivity index (χ0n) is 11.2. The van der Waals surface area contributed by atoms with E-state index >= 15 is 0 Å². The van der Waals surface area contributed by atoms with Gasteiger partial charge in [-0.25, -0.2) is 0 Å². The predicted molar refractivity (Wildman–Crippen MR) is 82.4 cm³/mol. The fourth-order valence-corrected chi connectivity index (χ4v) is 2.39. The van der Waals surface area contributed by atoms with E-state index in [1.807, 2.05) is 47.2 Å². The van der Waals surface area contributed by atoms with E-state index in [2.05, 4.69) is 5.32 Å². The molecule has 3 nitrogen and oxygen atoms in total. The van der Waals surface area contributed by atoms with E-state index in [-0.39, 0.29) is 12.5 Å². The van der Waals surface area contributed by atoms with Crippen molar-refractivity contribution < 1.29 is 9.90 Å². The monoisotopic (exact) mass is 287 g/mol. The molecule has 0 aliphatic rings. The normalized spacial score (nSPS) is 14.1. The van der Waals surface area contributed by atoms with E-state index in [0.29, 0.717) is 0 Å². The van der Waals surface area contributed by atoms with Crippen molar-refractivity contribution in [3.63, 3.8) is 0 Å². The van der Waals surface area contributed by atoms with Gasteiger partial charge in [0.2, 0.25) is 5.91 Å². The first-order valence-electron chi connectivity index (χ1n) is 6.34. The number of rotatable bonds is 5. The summed E-state index contributed by atoms with van der Waals surface area (Å²) >= 11 is 1.58. The highest BCUT2D eigenvalue weighted by Gasteiger charge is 2.22. The Bertz CT molecular complexity index is 574. The maximum Gasteiger partial charge on any atom is 0.244 e. The van der Waals surface area contributed by atoms with Crippen LogP contribution < -0.4 is 5.32 Å². The third-order valence-electron chi connectivity index (χ3n) is 2.97. The highest BCUT2D eigenvalue weighted by molar-refractivity contribution is 7.08. The largest absolute Gasteiger partial charge is 0.384 e. The van der Waals surface area contributed by atoms with Crippen molar-refractivity contribution in [2.24, 2.45) is 0 Å². The molecule has 0 fully saturated rings. The molecular weight excluding hydrogens is 270 g/mol. The van der Waals surface area contributed by atoms with Crippen LogP contribution in [0.4, 0.5) is 0 Å². The fraction of sp³-hybridized carbons (Fsp3) is 0.188. The zero-order chi connectivity index (χ0) is 14.4. The molecule has 2 aromatic rings. The first-order valence-corrected chi connectivity index (χ1v) is 7.28. The minimum absolute atomic E-state index is 0.170. The second kappa shape index (κ2) is 6.50. The number of hydrogen-bond acceptors (Lipinski definition) is 3. The van der Waals surface area contributed by atoms with Gasteiger partial charge >= 0.3 is 0 Å². The van der Waals surface area contributed by atoms with E-state index in [1.165, 1.54) is 6.08 Å². The van der Waals surface area contributed by atoms with Crippen molar-refractivity contribution in [3.05, 3.63) is 64.4 Å². The van der Waals surface area contributed by atoms with Gasteiger partial charge in [-0.2, -0.15) is 11.3 Å². The second-order valence-electron chi connectivity index (χ2n) is 4.75. The number of hydrogen-bond donors (Lipinski definition) is 2. The quantitative estimate of drug-likeness (QED) is 0.831. The first-order chi connectivity index (χ1) is 9.58. The average Bonchev–Trinajstić information content (AvgIpc) is 2.97. The Kier molecular flexibility index (Phi) is 4.71. The predicted octanol–water partition coefficient (Wildman–Crippen LogP) is 2.79. The zero-order valence-corrected chi connectivity index (χ0v) is 12.1. The van der Waals surface area contributed by atoms with Crippen LogP contribution in [0.2, 0.25) is 0 Å². The molecule has 2 N–H and O–H groups in total. The molecule has 0 radical (unpaired) electrons. The summed E-state index contributed by atoms with van der Waals surface area (Å²) in [6, 6.07) is 11.2. The summed E-state index contributed by atoms with van der Waals surface area (Å²) in [5.74, 6) is -0.215. The van der Waals surface area contributed by atoms with Crippen LogP contribution in [0.1, 0.15) is 18.1 Å². The highest BCUT2D eigenvalue weighted by atomic mass is 32.1. The molecule has 0 aliphatic heterocycles. The second-order valence-corrected chi connectivity index (χ2v) is 5.53. The fourth-order valence-electron chi connectivity index (χ4n) is 1.76. The van der Waals surface area contributed by atoms with Crippen LogP contribution in [0.15, 0.2) is 53.2 Å². The summed E-state index contributed by atoms with van der Waals surface area (Å²) in [5, 5.41) is 17.0. The highest BCUT2D eigenvalue weighted by Crippen LogP contribution is 2.18. The summed E-state index contributed by atoms with van der Waals surface area (Å²) in [6.45, 7) is 1.86. The molecular formula is C16H17NO2S. The number of aliphatic hydroxyl groups is 1. The van der Waals surface area contributed by atoms with E-state index < -0.39 is 5.60 Å². The van der Waals surface area contributed by atoms with Crippen LogP contribution in [-0.4, -0.2) is 17.6 Å². The van der Waals surface area contributed by atoms with Crippen molar-refractivity contribution in [1.29, 1.82) is 0 Å². The van der Waals surface area contributed by atoms with Gasteiger partial charge < -0.3 is 10.4 Å². The van der Waals surface area contributed by atoms with E-state index in [9.17, 15) is 9.90 Å². The van der Waals surface area contributed by atoms with Crippen molar-refractivity contribution in [3.8, 4) is 0 Å². The summed E-state index contributed by atoms with van der Waals surface area (Å²) in [6.07, 6.45) is 3.23. The number of nitrogens with one attached hydrogen (secondary N) is 1. The van der Waals surface area contributed by atoms with Crippen LogP contribution in [0, 0.1) is 0 Å². The lowest BCUT2D eigenvalue weighted by Gasteiger charge is -2.23. The first kappa shape index (κ1) is 14.5. The van der Waals surface area contributed by atoms with Gasteiger partial charge in [-0.3, -0.25) is 4.79 Å². The summed E-state index contributed by atoms with van der Waals surface area (Å²) < 4.78 is 0. The SMILES string of the molecule is CC(O)(CNC(=O)/C=C/c1ccsc1)c1ccccc1. The Labute approximate surface area is 122 Å². The molecule has 0 saturated heterocycles. The van der Waals surface area contributed by atoms with E-state index in [0.717, 1.165) is 11.1 Å². The lowest BCUT2D eigenvalue weighted by Crippen LogP contribution is -2.37. The number of thiophene rings is 1. The third-order valence-corrected chi connectivity index (χ3v) is 3.67. The summed E-state index contributed by atoms with van der Waals surface area (Å²) in [7, 11) is 0. The van der Waals surface area contributed by atoms with Gasteiger partial charge in [0.1, 0.15) is 5.60 Å². The van der Waals surface area contributed by atoms with Crippen LogP contribution >= 0.6 is 11.3 Å². The molecule has 1 amide bonds. The molecule has 104 valence electrons. The number of benzene rings is 1. The van der Waals surface area contributed by atoms with Gasteiger partial charge in [0, 0.05) is 6.08 Å². The topological polar surface area (TPSA) is 49.3 Å². The molecule has 1 aromatic carbocycles. The molecule has 0 saturated carbocycles. The minimum atomic E-state index is -1.08. The molecule has 2 rings (SSSR count). The van der Waals surface area contributed by atoms with E-state index in [4.69, 9.17) is 0 Å². The average molecular weight is 287 g/mol. The maximum absolute atomic E-state index is 11.7. The Morgan fingerprint density at radius 3 is 2.75 bits per heavy atom. The van der Waals surface area contributed by atoms with Gasteiger partial charge in [0.15, 0.2) is 0 Å². The number of carbonyl (C=O) groups excluding carboxylic acids is 1.